The standard InChI is InChI=1S/C19H21N5OS2/c1-5-9-24-16(15-8-6-7-12(2)10-15)22-23-19(24)27-14(4)17(25)21-18-20-13(3)11-26-18/h5-8,10-11,14H,1,9H2,2-4H3,(H,20,21,25)/t14-/m0/s1. The Kier molecular flexibility index (Phi) is 6.08. The van der Waals surface area contributed by atoms with Crippen molar-refractivity contribution < 1.29 is 4.79 Å². The number of carbonyl (C=O) groups excluding carboxylic acids is 1. The number of thioether (sulfide) groups is 1. The summed E-state index contributed by atoms with van der Waals surface area (Å²) >= 11 is 2.79. The van der Waals surface area contributed by atoms with E-state index >= 15 is 0 Å². The van der Waals surface area contributed by atoms with Crippen molar-refractivity contribution in [2.24, 2.45) is 0 Å². The molecule has 1 amide bonds. The number of allylic oxidation sites excluding steroid dienone is 1. The van der Waals surface area contributed by atoms with Crippen LogP contribution >= 0.6 is 23.1 Å². The van der Waals surface area contributed by atoms with Crippen molar-refractivity contribution in [3.63, 3.8) is 0 Å². The van der Waals surface area contributed by atoms with Crippen LogP contribution in [0, 0.1) is 13.8 Å². The van der Waals surface area contributed by atoms with Crippen molar-refractivity contribution in [3.05, 3.63) is 53.6 Å². The van der Waals surface area contributed by atoms with E-state index in [4.69, 9.17) is 0 Å². The van der Waals surface area contributed by atoms with Crippen molar-refractivity contribution in [3.8, 4) is 11.4 Å². The topological polar surface area (TPSA) is 72.7 Å². The van der Waals surface area contributed by atoms with Crippen molar-refractivity contribution in [2.75, 3.05) is 5.32 Å². The van der Waals surface area contributed by atoms with Gasteiger partial charge >= 0.3 is 0 Å². The number of aromatic nitrogens is 4. The van der Waals surface area contributed by atoms with E-state index in [2.05, 4.69) is 33.1 Å². The Morgan fingerprint density at radius 2 is 2.22 bits per heavy atom. The zero-order valence-electron chi connectivity index (χ0n) is 15.5. The minimum atomic E-state index is -0.340. The third-order valence-corrected chi connectivity index (χ3v) is 5.76. The van der Waals surface area contributed by atoms with Crippen molar-refractivity contribution >= 4 is 34.1 Å². The van der Waals surface area contributed by atoms with Gasteiger partial charge in [0.05, 0.1) is 10.9 Å². The summed E-state index contributed by atoms with van der Waals surface area (Å²) in [6.07, 6.45) is 1.80. The van der Waals surface area contributed by atoms with Gasteiger partial charge in [0, 0.05) is 17.5 Å². The van der Waals surface area contributed by atoms with E-state index in [9.17, 15) is 4.79 Å². The van der Waals surface area contributed by atoms with E-state index in [1.807, 2.05) is 48.9 Å². The van der Waals surface area contributed by atoms with Gasteiger partial charge in [-0.1, -0.05) is 41.6 Å². The highest BCUT2D eigenvalue weighted by molar-refractivity contribution is 8.00. The fraction of sp³-hybridized carbons (Fsp3) is 0.263. The molecule has 0 saturated carbocycles. The van der Waals surface area contributed by atoms with Crippen LogP contribution in [0.25, 0.3) is 11.4 Å². The second-order valence-corrected chi connectivity index (χ2v) is 8.28. The van der Waals surface area contributed by atoms with Crippen LogP contribution in [0.2, 0.25) is 0 Å². The van der Waals surface area contributed by atoms with Crippen LogP contribution < -0.4 is 5.32 Å². The van der Waals surface area contributed by atoms with Crippen LogP contribution in [0.5, 0.6) is 0 Å². The molecule has 1 N–H and O–H groups in total. The summed E-state index contributed by atoms with van der Waals surface area (Å²) in [6, 6.07) is 8.11. The lowest BCUT2D eigenvalue weighted by Crippen LogP contribution is -2.22. The number of amides is 1. The number of aryl methyl sites for hydroxylation is 2. The van der Waals surface area contributed by atoms with Gasteiger partial charge in [0.2, 0.25) is 5.91 Å². The van der Waals surface area contributed by atoms with Crippen LogP contribution in [0.1, 0.15) is 18.2 Å². The summed E-state index contributed by atoms with van der Waals surface area (Å²) in [4.78, 5) is 16.7. The molecule has 1 atom stereocenters. The van der Waals surface area contributed by atoms with E-state index < -0.39 is 0 Å². The average Bonchev–Trinajstić information content (AvgIpc) is 3.22. The molecule has 0 aliphatic heterocycles. The maximum absolute atomic E-state index is 12.5. The SMILES string of the molecule is C=CCn1c(S[C@@H](C)C(=O)Nc2nc(C)cs2)nnc1-c1cccc(C)c1. The van der Waals surface area contributed by atoms with Crippen LogP contribution in [0.4, 0.5) is 5.13 Å². The van der Waals surface area contributed by atoms with Gasteiger partial charge in [0.15, 0.2) is 16.1 Å². The number of benzene rings is 1. The van der Waals surface area contributed by atoms with E-state index in [-0.39, 0.29) is 11.2 Å². The molecular weight excluding hydrogens is 378 g/mol. The molecule has 6 nitrogen and oxygen atoms in total. The smallest absolute Gasteiger partial charge is 0.239 e. The molecule has 1 aromatic carbocycles. The van der Waals surface area contributed by atoms with E-state index in [0.717, 1.165) is 22.6 Å². The first-order valence-electron chi connectivity index (χ1n) is 8.48. The summed E-state index contributed by atoms with van der Waals surface area (Å²) in [6.45, 7) is 10.2. The van der Waals surface area contributed by atoms with Crippen LogP contribution in [0.15, 0.2) is 47.5 Å². The van der Waals surface area contributed by atoms with Gasteiger partial charge in [0.1, 0.15) is 0 Å². The molecular formula is C19H21N5OS2. The van der Waals surface area contributed by atoms with E-state index in [1.54, 1.807) is 6.08 Å². The molecule has 0 aliphatic rings. The number of hydrogen-bond donors (Lipinski definition) is 1. The fourth-order valence-corrected chi connectivity index (χ4v) is 4.05. The number of nitrogens with one attached hydrogen (secondary N) is 1. The molecule has 0 radical (unpaired) electrons. The monoisotopic (exact) mass is 399 g/mol. The summed E-state index contributed by atoms with van der Waals surface area (Å²) in [5.74, 6) is 0.656. The normalized spacial score (nSPS) is 12.0. The molecule has 0 bridgehead atoms. The van der Waals surface area contributed by atoms with Crippen LogP contribution in [-0.4, -0.2) is 30.9 Å². The highest BCUT2D eigenvalue weighted by Crippen LogP contribution is 2.28. The van der Waals surface area contributed by atoms with Gasteiger partial charge in [-0.15, -0.1) is 28.1 Å². The zero-order valence-corrected chi connectivity index (χ0v) is 17.1. The summed E-state index contributed by atoms with van der Waals surface area (Å²) in [5, 5.41) is 14.4. The predicted molar refractivity (Wildman–Crippen MR) is 111 cm³/mol. The number of hydrogen-bond acceptors (Lipinski definition) is 6. The molecule has 27 heavy (non-hydrogen) atoms. The highest BCUT2D eigenvalue weighted by Gasteiger charge is 2.21. The molecule has 2 aromatic heterocycles. The average molecular weight is 400 g/mol. The van der Waals surface area contributed by atoms with Crippen molar-refractivity contribution in [2.45, 2.75) is 37.7 Å². The second-order valence-electron chi connectivity index (χ2n) is 6.12. The number of thiazole rings is 1. The Hall–Kier alpha value is -2.45. The Balaban J connectivity index is 1.79. The van der Waals surface area contributed by atoms with E-state index in [0.29, 0.717) is 16.8 Å². The molecule has 8 heteroatoms. The van der Waals surface area contributed by atoms with Crippen LogP contribution in [-0.2, 0) is 11.3 Å². The number of nitrogens with zero attached hydrogens (tertiary/aromatic N) is 4. The Bertz CT molecular complexity index is 963. The second kappa shape index (κ2) is 8.49. The number of rotatable bonds is 7. The Labute approximate surface area is 166 Å². The van der Waals surface area contributed by atoms with Gasteiger partial charge < -0.3 is 5.32 Å². The lowest BCUT2D eigenvalue weighted by atomic mass is 10.1. The first kappa shape index (κ1) is 19.3. The minimum Gasteiger partial charge on any atom is -0.301 e. The lowest BCUT2D eigenvalue weighted by molar-refractivity contribution is -0.115. The quantitative estimate of drug-likeness (QED) is 0.473. The summed E-state index contributed by atoms with van der Waals surface area (Å²) < 4.78 is 1.98. The number of anilines is 1. The van der Waals surface area contributed by atoms with Gasteiger partial charge in [-0.05, 0) is 26.8 Å². The highest BCUT2D eigenvalue weighted by atomic mass is 32.2. The zero-order chi connectivity index (χ0) is 19.4. The fourth-order valence-electron chi connectivity index (χ4n) is 2.50. The third-order valence-electron chi connectivity index (χ3n) is 3.81. The molecule has 0 aliphatic carbocycles. The lowest BCUT2D eigenvalue weighted by Gasteiger charge is -2.12. The molecule has 0 spiro atoms. The minimum absolute atomic E-state index is 0.111. The van der Waals surface area contributed by atoms with E-state index in [1.165, 1.54) is 23.1 Å². The van der Waals surface area contributed by atoms with Crippen LogP contribution in [0.3, 0.4) is 0 Å². The first-order chi connectivity index (χ1) is 13.0. The molecule has 0 fully saturated rings. The van der Waals surface area contributed by atoms with Crippen molar-refractivity contribution in [1.29, 1.82) is 0 Å². The number of carbonyl (C=O) groups is 1. The Morgan fingerprint density at radius 1 is 1.41 bits per heavy atom. The third kappa shape index (κ3) is 4.64. The summed E-state index contributed by atoms with van der Waals surface area (Å²) in [5.41, 5.74) is 3.04. The Morgan fingerprint density at radius 3 is 2.89 bits per heavy atom. The molecule has 0 unspecified atom stereocenters. The molecule has 0 saturated heterocycles. The molecule has 2 heterocycles. The first-order valence-corrected chi connectivity index (χ1v) is 10.2. The molecule has 140 valence electrons. The van der Waals surface area contributed by atoms with Gasteiger partial charge in [-0.2, -0.15) is 0 Å². The van der Waals surface area contributed by atoms with Gasteiger partial charge in [-0.3, -0.25) is 9.36 Å². The summed E-state index contributed by atoms with van der Waals surface area (Å²) in [7, 11) is 0. The molecule has 3 aromatic rings. The van der Waals surface area contributed by atoms with Gasteiger partial charge in [-0.25, -0.2) is 4.98 Å². The molecule has 3 rings (SSSR count). The maximum Gasteiger partial charge on any atom is 0.239 e. The predicted octanol–water partition coefficient (Wildman–Crippen LogP) is 4.32. The van der Waals surface area contributed by atoms with Crippen molar-refractivity contribution in [1.82, 2.24) is 19.7 Å². The maximum atomic E-state index is 12.5. The largest absolute Gasteiger partial charge is 0.301 e. The van der Waals surface area contributed by atoms with Gasteiger partial charge in [0.25, 0.3) is 0 Å².